The second-order valence-electron chi connectivity index (χ2n) is 15.3. The molecule has 2 N–H and O–H groups in total. The van der Waals surface area contributed by atoms with Crippen molar-refractivity contribution in [2.45, 2.75) is 117 Å². The molecule has 0 aromatic carbocycles. The van der Waals surface area contributed by atoms with Gasteiger partial charge in [-0.05, 0) is 73.5 Å². The molecule has 9 atom stereocenters. The molecule has 1 unspecified atom stereocenters. The molecule has 1 heterocycles. The van der Waals surface area contributed by atoms with E-state index >= 15 is 0 Å². The first kappa shape index (κ1) is 26.6. The number of nitrogens with zero attached hydrogens (tertiary/aromatic N) is 1. The quantitative estimate of drug-likeness (QED) is 0.365. The highest BCUT2D eigenvalue weighted by Crippen LogP contribution is 2.76. The predicted molar refractivity (Wildman–Crippen MR) is 144 cm³/mol. The maximum Gasteiger partial charge on any atom is 0.302 e. The number of ether oxygens (including phenoxy) is 1. The van der Waals surface area contributed by atoms with Gasteiger partial charge in [-0.15, -0.1) is 0 Å². The van der Waals surface area contributed by atoms with Gasteiger partial charge < -0.3 is 19.5 Å². The Kier molecular flexibility index (Phi) is 5.57. The van der Waals surface area contributed by atoms with Gasteiger partial charge in [0.2, 0.25) is 0 Å². The van der Waals surface area contributed by atoms with Crippen LogP contribution in [0.1, 0.15) is 111 Å². The summed E-state index contributed by atoms with van der Waals surface area (Å²) >= 11 is 0. The Morgan fingerprint density at radius 3 is 2.55 bits per heavy atom. The van der Waals surface area contributed by atoms with Gasteiger partial charge in [0.25, 0.3) is 0 Å². The lowest BCUT2D eigenvalue weighted by molar-refractivity contribution is -0.292. The molecule has 1 aromatic heterocycles. The average molecular weight is 526 g/mol. The molecule has 38 heavy (non-hydrogen) atoms. The summed E-state index contributed by atoms with van der Waals surface area (Å²) in [4.78, 5) is 11.9. The van der Waals surface area contributed by atoms with Crippen LogP contribution < -0.4 is 0 Å². The summed E-state index contributed by atoms with van der Waals surface area (Å²) in [5.74, 6) is 1.27. The molecule has 3 saturated carbocycles. The predicted octanol–water partition coefficient (Wildman–Crippen LogP) is 5.96. The lowest BCUT2D eigenvalue weighted by Gasteiger charge is -2.73. The second kappa shape index (κ2) is 7.96. The Balaban J connectivity index is 1.49. The number of carbonyl (C=O) groups is 1. The smallest absolute Gasteiger partial charge is 0.302 e. The summed E-state index contributed by atoms with van der Waals surface area (Å²) in [5, 5.41) is 29.4. The fourth-order valence-corrected chi connectivity index (χ4v) is 10.7. The molecule has 5 aliphatic rings. The molecule has 0 amide bonds. The van der Waals surface area contributed by atoms with E-state index in [4.69, 9.17) is 9.26 Å². The van der Waals surface area contributed by atoms with Gasteiger partial charge in [0, 0.05) is 35.2 Å². The van der Waals surface area contributed by atoms with E-state index in [2.05, 4.69) is 52.8 Å². The number of carbonyl (C=O) groups excluding carboxylic acids is 1. The Labute approximate surface area is 227 Å². The average Bonchev–Trinajstić information content (AvgIpc) is 3.30. The first-order valence-corrected chi connectivity index (χ1v) is 14.8. The van der Waals surface area contributed by atoms with Crippen LogP contribution in [0.3, 0.4) is 0 Å². The fourth-order valence-electron chi connectivity index (χ4n) is 10.7. The van der Waals surface area contributed by atoms with Crippen LogP contribution in [0, 0.1) is 38.9 Å². The van der Waals surface area contributed by atoms with Gasteiger partial charge in [-0.1, -0.05) is 58.3 Å². The van der Waals surface area contributed by atoms with Crippen molar-refractivity contribution in [3.05, 3.63) is 29.2 Å². The number of esters is 1. The van der Waals surface area contributed by atoms with Crippen molar-refractivity contribution >= 4 is 5.97 Å². The number of aromatic nitrogens is 1. The normalized spacial score (nSPS) is 48.9. The van der Waals surface area contributed by atoms with E-state index in [0.717, 1.165) is 57.1 Å². The zero-order valence-corrected chi connectivity index (χ0v) is 24.4. The minimum Gasteiger partial charge on any atom is -0.465 e. The van der Waals surface area contributed by atoms with Crippen molar-refractivity contribution in [1.82, 2.24) is 5.16 Å². The lowest BCUT2D eigenvalue weighted by Crippen LogP contribution is -2.75. The van der Waals surface area contributed by atoms with Crippen molar-refractivity contribution in [1.29, 1.82) is 0 Å². The molecule has 6 heteroatoms. The number of aliphatic hydroxyl groups is 2. The van der Waals surface area contributed by atoms with Crippen molar-refractivity contribution < 1.29 is 24.3 Å². The van der Waals surface area contributed by atoms with Crippen molar-refractivity contribution in [2.24, 2.45) is 38.9 Å². The van der Waals surface area contributed by atoms with Gasteiger partial charge in [-0.25, -0.2) is 0 Å². The molecule has 0 spiro atoms. The number of aliphatic hydroxyl groups excluding tert-OH is 1. The molecule has 1 aromatic rings. The molecule has 6 nitrogen and oxygen atoms in total. The first-order chi connectivity index (χ1) is 17.6. The highest BCUT2D eigenvalue weighted by Gasteiger charge is 2.75. The van der Waals surface area contributed by atoms with E-state index in [1.165, 1.54) is 18.1 Å². The number of allylic oxidation sites excluding steroid dienone is 1. The van der Waals surface area contributed by atoms with Crippen LogP contribution >= 0.6 is 0 Å². The van der Waals surface area contributed by atoms with Crippen LogP contribution in [0.25, 0.3) is 0 Å². The second-order valence-corrected chi connectivity index (χ2v) is 15.3. The standard InChI is InChI=1S/C32H47NO5/c1-19-22-8-9-29(6)23(28(22,5)15-21-17-33-38-26(19)21)14-25(35)32(36)24-16-27(3,4)10-12-31(24,18-37-20(2)34)13-11-30(29,32)7/h14,17,19,22,24-25,35-36H,8-13,15-16,18H2,1-7H3/t19-,22-,24?,25+,28-,29+,30-,31+,32+/m0/s1. The zero-order chi connectivity index (χ0) is 27.5. The van der Waals surface area contributed by atoms with Crippen LogP contribution in [0.5, 0.6) is 0 Å². The molecular formula is C32H47NO5. The summed E-state index contributed by atoms with van der Waals surface area (Å²) in [5.41, 5.74) is 0.0544. The van der Waals surface area contributed by atoms with E-state index in [1.807, 2.05) is 6.20 Å². The summed E-state index contributed by atoms with van der Waals surface area (Å²) in [6.07, 6.45) is 10.3. The number of rotatable bonds is 2. The van der Waals surface area contributed by atoms with Crippen molar-refractivity contribution in [3.63, 3.8) is 0 Å². The van der Waals surface area contributed by atoms with E-state index in [9.17, 15) is 15.0 Å². The van der Waals surface area contributed by atoms with Crippen LogP contribution in [0.2, 0.25) is 0 Å². The summed E-state index contributed by atoms with van der Waals surface area (Å²) in [7, 11) is 0. The van der Waals surface area contributed by atoms with E-state index < -0.39 is 17.1 Å². The topological polar surface area (TPSA) is 92.8 Å². The van der Waals surface area contributed by atoms with Crippen LogP contribution in [0.4, 0.5) is 0 Å². The van der Waals surface area contributed by atoms with Gasteiger partial charge in [0.15, 0.2) is 0 Å². The summed E-state index contributed by atoms with van der Waals surface area (Å²) < 4.78 is 11.4. The van der Waals surface area contributed by atoms with Gasteiger partial charge in [0.1, 0.15) is 17.5 Å². The number of hydrogen-bond donors (Lipinski definition) is 2. The minimum absolute atomic E-state index is 0.0517. The highest BCUT2D eigenvalue weighted by atomic mass is 16.5. The van der Waals surface area contributed by atoms with E-state index in [-0.39, 0.29) is 39.5 Å². The SMILES string of the molecule is CC(=O)OC[C@]12CCC(C)(C)CC1[C@@]1(O)[C@H](O)C=C3[C@@]4(C)Cc5cnoc5[C@@H](C)[C@@H]4CC[C@@]3(C)[C@]1(C)CC2. The lowest BCUT2D eigenvalue weighted by atomic mass is 9.33. The molecule has 210 valence electrons. The summed E-state index contributed by atoms with van der Waals surface area (Å²) in [6, 6.07) is 0. The summed E-state index contributed by atoms with van der Waals surface area (Å²) in [6.45, 7) is 15.6. The fraction of sp³-hybridized carbons (Fsp3) is 0.812. The molecule has 6 rings (SSSR count). The van der Waals surface area contributed by atoms with E-state index in [1.54, 1.807) is 0 Å². The maximum absolute atomic E-state index is 13.1. The molecule has 3 fully saturated rings. The number of fused-ring (bicyclic) bond motifs is 8. The monoisotopic (exact) mass is 525 g/mol. The third kappa shape index (κ3) is 3.14. The molecular weight excluding hydrogens is 478 g/mol. The highest BCUT2D eigenvalue weighted by molar-refractivity contribution is 5.66. The Hall–Kier alpha value is -1.66. The van der Waals surface area contributed by atoms with Crippen LogP contribution in [0.15, 0.2) is 22.4 Å². The zero-order valence-electron chi connectivity index (χ0n) is 24.4. The van der Waals surface area contributed by atoms with Crippen LogP contribution in [-0.4, -0.2) is 39.7 Å². The largest absolute Gasteiger partial charge is 0.465 e. The Bertz CT molecular complexity index is 1190. The molecule has 0 saturated heterocycles. The molecule has 0 radical (unpaired) electrons. The van der Waals surface area contributed by atoms with Gasteiger partial charge in [0.05, 0.1) is 12.8 Å². The maximum atomic E-state index is 13.1. The molecule has 0 aliphatic heterocycles. The van der Waals surface area contributed by atoms with Crippen molar-refractivity contribution in [3.8, 4) is 0 Å². The van der Waals surface area contributed by atoms with Gasteiger partial charge in [-0.3, -0.25) is 4.79 Å². The molecule has 5 aliphatic carbocycles. The third-order valence-electron chi connectivity index (χ3n) is 13.1. The molecule has 0 bridgehead atoms. The van der Waals surface area contributed by atoms with Gasteiger partial charge in [-0.2, -0.15) is 0 Å². The minimum atomic E-state index is -1.30. The third-order valence-corrected chi connectivity index (χ3v) is 13.1. The van der Waals surface area contributed by atoms with Crippen molar-refractivity contribution in [2.75, 3.05) is 6.61 Å². The Morgan fingerprint density at radius 2 is 1.84 bits per heavy atom. The number of hydrogen-bond acceptors (Lipinski definition) is 6. The Morgan fingerprint density at radius 1 is 1.13 bits per heavy atom. The van der Waals surface area contributed by atoms with E-state index in [0.29, 0.717) is 12.5 Å². The van der Waals surface area contributed by atoms with Gasteiger partial charge >= 0.3 is 5.97 Å². The first-order valence-electron chi connectivity index (χ1n) is 14.8. The van der Waals surface area contributed by atoms with Crippen LogP contribution in [-0.2, 0) is 16.0 Å².